The van der Waals surface area contributed by atoms with Gasteiger partial charge in [-0.1, -0.05) is 32.0 Å². The summed E-state index contributed by atoms with van der Waals surface area (Å²) in [7, 11) is 0. The van der Waals surface area contributed by atoms with Crippen molar-refractivity contribution in [1.29, 1.82) is 0 Å². The van der Waals surface area contributed by atoms with E-state index in [1.807, 2.05) is 65.8 Å². The van der Waals surface area contributed by atoms with Gasteiger partial charge in [0.15, 0.2) is 0 Å². The van der Waals surface area contributed by atoms with Crippen LogP contribution in [0, 0.1) is 0 Å². The second kappa shape index (κ2) is 14.6. The molecule has 0 aromatic heterocycles. The summed E-state index contributed by atoms with van der Waals surface area (Å²) in [6.07, 6.45) is 0.742. The molecular weight excluding hydrogens is 458 g/mol. The van der Waals surface area contributed by atoms with Gasteiger partial charge in [-0.05, 0) is 76.8 Å². The Morgan fingerprint density at radius 2 is 1.44 bits per heavy atom. The summed E-state index contributed by atoms with van der Waals surface area (Å²) in [5, 5.41) is 14.1. The summed E-state index contributed by atoms with van der Waals surface area (Å²) >= 11 is 0. The zero-order valence-electron chi connectivity index (χ0n) is 22.4. The number of esters is 2. The Morgan fingerprint density at radius 1 is 0.889 bits per heavy atom. The molecule has 0 spiro atoms. The third-order valence-electron chi connectivity index (χ3n) is 6.01. The van der Waals surface area contributed by atoms with Crippen LogP contribution in [0.2, 0.25) is 0 Å². The fourth-order valence-electron chi connectivity index (χ4n) is 3.61. The second-order valence-electron chi connectivity index (χ2n) is 9.17. The molecule has 0 fully saturated rings. The lowest BCUT2D eigenvalue weighted by Gasteiger charge is -2.20. The van der Waals surface area contributed by atoms with E-state index in [1.54, 1.807) is 12.1 Å². The van der Waals surface area contributed by atoms with Crippen LogP contribution < -0.4 is 10.1 Å². The van der Waals surface area contributed by atoms with E-state index in [4.69, 9.17) is 14.2 Å². The van der Waals surface area contributed by atoms with Gasteiger partial charge in [-0.2, -0.15) is 0 Å². The molecule has 2 aromatic rings. The van der Waals surface area contributed by atoms with Crippen LogP contribution in [0.5, 0.6) is 5.75 Å². The normalized spacial score (nSPS) is 14.4. The molecule has 198 valence electrons. The molecular formula is C29H41NO6. The molecule has 0 radical (unpaired) electrons. The van der Waals surface area contributed by atoms with E-state index in [-0.39, 0.29) is 18.2 Å². The monoisotopic (exact) mass is 499 g/mol. The number of ether oxygens (including phenoxy) is 3. The molecule has 7 heteroatoms. The molecule has 0 heterocycles. The largest absolute Gasteiger partial charge is 0.493 e. The van der Waals surface area contributed by atoms with Crippen molar-refractivity contribution in [3.63, 3.8) is 0 Å². The first-order valence-corrected chi connectivity index (χ1v) is 12.9. The van der Waals surface area contributed by atoms with Gasteiger partial charge in [0.1, 0.15) is 5.75 Å². The first-order chi connectivity index (χ1) is 17.2. The SMILES string of the molecule is CCOc1ccccc1C(O)CNC(C)Cc1cc(C(=O)OC(C)CC)cc(C(=O)OC(C)CC)c1. The van der Waals surface area contributed by atoms with Crippen LogP contribution in [0.3, 0.4) is 0 Å². The zero-order chi connectivity index (χ0) is 26.7. The fraction of sp³-hybridized carbons (Fsp3) is 0.517. The average Bonchev–Trinajstić information content (AvgIpc) is 2.87. The summed E-state index contributed by atoms with van der Waals surface area (Å²) in [6, 6.07) is 12.4. The van der Waals surface area contributed by atoms with Crippen molar-refractivity contribution in [2.75, 3.05) is 13.2 Å². The molecule has 7 nitrogen and oxygen atoms in total. The molecule has 0 aliphatic rings. The minimum absolute atomic E-state index is 0.0434. The summed E-state index contributed by atoms with van der Waals surface area (Å²) in [6.45, 7) is 12.3. The van der Waals surface area contributed by atoms with Gasteiger partial charge in [0.25, 0.3) is 0 Å². The van der Waals surface area contributed by atoms with Crippen LogP contribution in [0.4, 0.5) is 0 Å². The molecule has 2 aromatic carbocycles. The Hall–Kier alpha value is -2.90. The van der Waals surface area contributed by atoms with Gasteiger partial charge < -0.3 is 24.6 Å². The van der Waals surface area contributed by atoms with E-state index < -0.39 is 18.0 Å². The number of carbonyl (C=O) groups excluding carboxylic acids is 2. The van der Waals surface area contributed by atoms with E-state index in [0.29, 0.717) is 49.3 Å². The molecule has 0 aliphatic carbocycles. The van der Waals surface area contributed by atoms with Gasteiger partial charge in [0.2, 0.25) is 0 Å². The number of benzene rings is 2. The minimum Gasteiger partial charge on any atom is -0.493 e. The first kappa shape index (κ1) is 29.3. The summed E-state index contributed by atoms with van der Waals surface area (Å²) in [5.41, 5.74) is 2.17. The molecule has 2 rings (SSSR count). The molecule has 0 saturated carbocycles. The maximum absolute atomic E-state index is 12.7. The molecule has 0 saturated heterocycles. The highest BCUT2D eigenvalue weighted by molar-refractivity contribution is 5.95. The lowest BCUT2D eigenvalue weighted by atomic mass is 10.00. The Kier molecular flexibility index (Phi) is 11.9. The van der Waals surface area contributed by atoms with Crippen LogP contribution in [0.1, 0.15) is 92.3 Å². The van der Waals surface area contributed by atoms with Crippen molar-refractivity contribution in [2.24, 2.45) is 0 Å². The highest BCUT2D eigenvalue weighted by Crippen LogP contribution is 2.25. The number of rotatable bonds is 14. The maximum atomic E-state index is 12.7. The topological polar surface area (TPSA) is 94.1 Å². The van der Waals surface area contributed by atoms with Crippen molar-refractivity contribution >= 4 is 11.9 Å². The fourth-order valence-corrected chi connectivity index (χ4v) is 3.61. The Balaban J connectivity index is 2.16. The van der Waals surface area contributed by atoms with Crippen LogP contribution >= 0.6 is 0 Å². The van der Waals surface area contributed by atoms with Gasteiger partial charge in [0.05, 0.1) is 36.0 Å². The number of hydrogen-bond acceptors (Lipinski definition) is 7. The van der Waals surface area contributed by atoms with Crippen molar-refractivity contribution in [1.82, 2.24) is 5.32 Å². The highest BCUT2D eigenvalue weighted by atomic mass is 16.5. The maximum Gasteiger partial charge on any atom is 0.338 e. The summed E-state index contributed by atoms with van der Waals surface area (Å²) in [4.78, 5) is 25.5. The van der Waals surface area contributed by atoms with Crippen LogP contribution in [-0.2, 0) is 15.9 Å². The van der Waals surface area contributed by atoms with Crippen LogP contribution in [0.15, 0.2) is 42.5 Å². The molecule has 0 aliphatic heterocycles. The number of aliphatic hydroxyl groups excluding tert-OH is 1. The van der Waals surface area contributed by atoms with Gasteiger partial charge in [-0.25, -0.2) is 9.59 Å². The number of para-hydroxylation sites is 1. The molecule has 4 unspecified atom stereocenters. The van der Waals surface area contributed by atoms with Gasteiger partial charge in [-0.3, -0.25) is 0 Å². The Morgan fingerprint density at radius 3 is 1.97 bits per heavy atom. The van der Waals surface area contributed by atoms with Crippen LogP contribution in [0.25, 0.3) is 0 Å². The third kappa shape index (κ3) is 8.95. The standard InChI is InChI=1S/C29H41NO6/c1-7-20(5)35-28(32)23-15-22(16-24(17-23)29(33)36-21(6)8-2)14-19(4)30-18-26(31)25-12-10-11-13-27(25)34-9-3/h10-13,15-17,19-21,26,30-31H,7-9,14,18H2,1-6H3. The number of carbonyl (C=O) groups is 2. The predicted molar refractivity (Wildman–Crippen MR) is 141 cm³/mol. The third-order valence-corrected chi connectivity index (χ3v) is 6.01. The van der Waals surface area contributed by atoms with Gasteiger partial charge in [0, 0.05) is 18.2 Å². The van der Waals surface area contributed by atoms with Gasteiger partial charge >= 0.3 is 11.9 Å². The number of aliphatic hydroxyl groups is 1. The lowest BCUT2D eigenvalue weighted by Crippen LogP contribution is -2.32. The predicted octanol–water partition coefficient (Wildman–Crippen LogP) is 5.25. The molecule has 0 amide bonds. The summed E-state index contributed by atoms with van der Waals surface area (Å²) in [5.74, 6) is -0.265. The summed E-state index contributed by atoms with van der Waals surface area (Å²) < 4.78 is 16.6. The van der Waals surface area contributed by atoms with Crippen molar-refractivity contribution < 1.29 is 28.9 Å². The number of hydrogen-bond donors (Lipinski definition) is 2. The van der Waals surface area contributed by atoms with E-state index >= 15 is 0 Å². The van der Waals surface area contributed by atoms with E-state index in [9.17, 15) is 14.7 Å². The van der Waals surface area contributed by atoms with Crippen LogP contribution in [-0.4, -0.2) is 48.4 Å². The van der Waals surface area contributed by atoms with Gasteiger partial charge in [-0.15, -0.1) is 0 Å². The Bertz CT molecular complexity index is 949. The minimum atomic E-state index is -0.742. The van der Waals surface area contributed by atoms with Crippen molar-refractivity contribution in [2.45, 2.75) is 85.2 Å². The molecule has 0 bridgehead atoms. The molecule has 4 atom stereocenters. The lowest BCUT2D eigenvalue weighted by molar-refractivity contribution is 0.0333. The zero-order valence-corrected chi connectivity index (χ0v) is 22.4. The van der Waals surface area contributed by atoms with E-state index in [0.717, 1.165) is 11.1 Å². The van der Waals surface area contributed by atoms with Crippen molar-refractivity contribution in [3.8, 4) is 5.75 Å². The smallest absolute Gasteiger partial charge is 0.338 e. The molecule has 36 heavy (non-hydrogen) atoms. The quantitative estimate of drug-likeness (QED) is 0.343. The highest BCUT2D eigenvalue weighted by Gasteiger charge is 2.19. The first-order valence-electron chi connectivity index (χ1n) is 12.9. The van der Waals surface area contributed by atoms with E-state index in [2.05, 4.69) is 5.32 Å². The van der Waals surface area contributed by atoms with Crippen molar-refractivity contribution in [3.05, 3.63) is 64.7 Å². The number of nitrogens with one attached hydrogen (secondary N) is 1. The second-order valence-corrected chi connectivity index (χ2v) is 9.17. The molecule has 2 N–H and O–H groups in total. The van der Waals surface area contributed by atoms with E-state index in [1.165, 1.54) is 6.07 Å². The average molecular weight is 500 g/mol. The Labute approximate surface area is 215 Å².